The molecule has 0 aliphatic rings. The largest absolute Gasteiger partial charge is 0.358 e. The summed E-state index contributed by atoms with van der Waals surface area (Å²) in [5.41, 5.74) is 1.17. The third kappa shape index (κ3) is 3.43. The monoisotopic (exact) mass is 274 g/mol. The molecule has 4 heteroatoms. The lowest BCUT2D eigenvalue weighted by molar-refractivity contribution is -0.122. The van der Waals surface area contributed by atoms with Crippen molar-refractivity contribution in [3.05, 3.63) is 58.3 Å². The highest BCUT2D eigenvalue weighted by Gasteiger charge is 2.20. The molecule has 2 rings (SSSR count). The third-order valence-electron chi connectivity index (χ3n) is 3.02. The molecule has 0 radical (unpaired) electrons. The number of likely N-dealkylation sites (N-methyl/N-ethyl adjacent to an activating group) is 1. The van der Waals surface area contributed by atoms with Gasteiger partial charge in [0.2, 0.25) is 5.91 Å². The number of thiophene rings is 1. The summed E-state index contributed by atoms with van der Waals surface area (Å²) in [5.74, 6) is -0.00233. The van der Waals surface area contributed by atoms with E-state index < -0.39 is 0 Å². The quantitative estimate of drug-likeness (QED) is 0.880. The van der Waals surface area contributed by atoms with Crippen LogP contribution >= 0.6 is 11.3 Å². The Kier molecular flexibility index (Phi) is 4.71. The molecule has 0 spiro atoms. The number of rotatable bonds is 5. The number of benzene rings is 1. The van der Waals surface area contributed by atoms with Crippen molar-refractivity contribution in [2.75, 3.05) is 7.05 Å². The van der Waals surface area contributed by atoms with Crippen LogP contribution in [0.3, 0.4) is 0 Å². The fourth-order valence-electron chi connectivity index (χ4n) is 1.99. The molecule has 19 heavy (non-hydrogen) atoms. The molecule has 0 bridgehead atoms. The fourth-order valence-corrected chi connectivity index (χ4v) is 2.80. The van der Waals surface area contributed by atoms with Gasteiger partial charge in [-0.1, -0.05) is 36.4 Å². The van der Waals surface area contributed by atoms with Gasteiger partial charge in [-0.3, -0.25) is 10.1 Å². The molecule has 0 aliphatic heterocycles. The van der Waals surface area contributed by atoms with Crippen LogP contribution in [0.15, 0.2) is 47.8 Å². The van der Waals surface area contributed by atoms with Gasteiger partial charge in [-0.05, 0) is 23.9 Å². The van der Waals surface area contributed by atoms with Crippen LogP contribution in [0.4, 0.5) is 0 Å². The summed E-state index contributed by atoms with van der Waals surface area (Å²) < 4.78 is 0. The maximum absolute atomic E-state index is 11.7. The zero-order valence-electron chi connectivity index (χ0n) is 11.1. The normalized spacial score (nSPS) is 13.8. The number of carbonyl (C=O) groups excluding carboxylic acids is 1. The minimum Gasteiger partial charge on any atom is -0.358 e. The van der Waals surface area contributed by atoms with E-state index in [2.05, 4.69) is 34.2 Å². The van der Waals surface area contributed by atoms with Crippen LogP contribution in [0.2, 0.25) is 0 Å². The fraction of sp³-hybridized carbons (Fsp3) is 0.267. The molecule has 1 aromatic carbocycles. The number of nitrogens with one attached hydrogen (secondary N) is 2. The van der Waals surface area contributed by atoms with Crippen molar-refractivity contribution in [3.63, 3.8) is 0 Å². The summed E-state index contributed by atoms with van der Waals surface area (Å²) in [7, 11) is 1.66. The predicted molar refractivity (Wildman–Crippen MR) is 79.3 cm³/mol. The van der Waals surface area contributed by atoms with E-state index >= 15 is 0 Å². The lowest BCUT2D eigenvalue weighted by Gasteiger charge is -2.22. The van der Waals surface area contributed by atoms with Gasteiger partial charge in [-0.2, -0.15) is 0 Å². The first-order valence-electron chi connectivity index (χ1n) is 6.28. The van der Waals surface area contributed by atoms with Crippen LogP contribution in [-0.2, 0) is 4.79 Å². The topological polar surface area (TPSA) is 41.1 Å². The third-order valence-corrected chi connectivity index (χ3v) is 3.95. The first-order chi connectivity index (χ1) is 9.22. The van der Waals surface area contributed by atoms with E-state index in [-0.39, 0.29) is 18.0 Å². The van der Waals surface area contributed by atoms with Gasteiger partial charge in [0.15, 0.2) is 0 Å². The van der Waals surface area contributed by atoms with Gasteiger partial charge in [0.25, 0.3) is 0 Å². The molecule has 2 N–H and O–H groups in total. The minimum absolute atomic E-state index is 0.00233. The molecule has 0 saturated heterocycles. The van der Waals surface area contributed by atoms with Crippen molar-refractivity contribution in [1.82, 2.24) is 10.6 Å². The molecule has 0 saturated carbocycles. The second-order valence-electron chi connectivity index (χ2n) is 4.36. The van der Waals surface area contributed by atoms with Crippen LogP contribution < -0.4 is 10.6 Å². The molecule has 3 nitrogen and oxygen atoms in total. The molecule has 2 atom stereocenters. The summed E-state index contributed by atoms with van der Waals surface area (Å²) in [6, 6.07) is 14.1. The molecule has 1 heterocycles. The highest BCUT2D eigenvalue weighted by Crippen LogP contribution is 2.26. The Morgan fingerprint density at radius 2 is 1.89 bits per heavy atom. The van der Waals surface area contributed by atoms with Crippen LogP contribution in [0.25, 0.3) is 0 Å². The standard InChI is InChI=1S/C15H18N2OS/c1-11(15(18)16-2)17-14(13-9-6-10-19-13)12-7-4-3-5-8-12/h3-11,14,17H,1-2H3,(H,16,18)/t11-,14-/m0/s1. The van der Waals surface area contributed by atoms with Crippen molar-refractivity contribution >= 4 is 17.2 Å². The van der Waals surface area contributed by atoms with Gasteiger partial charge in [-0.15, -0.1) is 11.3 Å². The Hall–Kier alpha value is -1.65. The molecule has 0 fully saturated rings. The Labute approximate surface area is 117 Å². The number of hydrogen-bond acceptors (Lipinski definition) is 3. The maximum Gasteiger partial charge on any atom is 0.236 e. The average molecular weight is 274 g/mol. The number of carbonyl (C=O) groups is 1. The van der Waals surface area contributed by atoms with Crippen molar-refractivity contribution < 1.29 is 4.79 Å². The number of hydrogen-bond donors (Lipinski definition) is 2. The van der Waals surface area contributed by atoms with Crippen LogP contribution in [0, 0.1) is 0 Å². The van der Waals surface area contributed by atoms with E-state index in [0.717, 1.165) is 0 Å². The predicted octanol–water partition coefficient (Wildman–Crippen LogP) is 2.56. The molecule has 2 aromatic rings. The van der Waals surface area contributed by atoms with Gasteiger partial charge >= 0.3 is 0 Å². The smallest absolute Gasteiger partial charge is 0.236 e. The maximum atomic E-state index is 11.7. The summed E-state index contributed by atoms with van der Waals surface area (Å²) in [4.78, 5) is 12.9. The second-order valence-corrected chi connectivity index (χ2v) is 5.34. The SMILES string of the molecule is CNC(=O)[C@H](C)N[C@@H](c1ccccc1)c1cccs1. The van der Waals surface area contributed by atoms with E-state index in [4.69, 9.17) is 0 Å². The first kappa shape index (κ1) is 13.8. The highest BCUT2D eigenvalue weighted by molar-refractivity contribution is 7.10. The molecule has 1 aromatic heterocycles. The van der Waals surface area contributed by atoms with Crippen LogP contribution in [0.1, 0.15) is 23.4 Å². The lowest BCUT2D eigenvalue weighted by atomic mass is 10.0. The van der Waals surface area contributed by atoms with E-state index in [1.165, 1.54) is 10.4 Å². The van der Waals surface area contributed by atoms with Crippen molar-refractivity contribution in [2.45, 2.75) is 19.0 Å². The van der Waals surface area contributed by atoms with Gasteiger partial charge in [0, 0.05) is 11.9 Å². The van der Waals surface area contributed by atoms with Gasteiger partial charge in [0.1, 0.15) is 0 Å². The van der Waals surface area contributed by atoms with E-state index in [0.29, 0.717) is 0 Å². The van der Waals surface area contributed by atoms with Crippen molar-refractivity contribution in [2.24, 2.45) is 0 Å². The summed E-state index contributed by atoms with van der Waals surface area (Å²) in [5, 5.41) is 8.11. The minimum atomic E-state index is -0.239. The highest BCUT2D eigenvalue weighted by atomic mass is 32.1. The Balaban J connectivity index is 2.24. The molecule has 1 amide bonds. The van der Waals surface area contributed by atoms with Gasteiger partial charge in [-0.25, -0.2) is 0 Å². The summed E-state index contributed by atoms with van der Waals surface area (Å²) >= 11 is 1.69. The zero-order valence-corrected chi connectivity index (χ0v) is 11.9. The number of amides is 1. The molecule has 0 aliphatic carbocycles. The average Bonchev–Trinajstić information content (AvgIpc) is 2.98. The van der Waals surface area contributed by atoms with Gasteiger partial charge in [0.05, 0.1) is 12.1 Å². The summed E-state index contributed by atoms with van der Waals surface area (Å²) in [6.07, 6.45) is 0. The first-order valence-corrected chi connectivity index (χ1v) is 7.16. The second kappa shape index (κ2) is 6.50. The Morgan fingerprint density at radius 1 is 1.16 bits per heavy atom. The Bertz CT molecular complexity index is 510. The molecule has 0 unspecified atom stereocenters. The van der Waals surface area contributed by atoms with Gasteiger partial charge < -0.3 is 5.32 Å². The Morgan fingerprint density at radius 3 is 2.47 bits per heavy atom. The van der Waals surface area contributed by atoms with E-state index in [9.17, 15) is 4.79 Å². The van der Waals surface area contributed by atoms with E-state index in [1.807, 2.05) is 31.2 Å². The lowest BCUT2D eigenvalue weighted by Crippen LogP contribution is -2.42. The summed E-state index contributed by atoms with van der Waals surface area (Å²) in [6.45, 7) is 1.88. The molecular weight excluding hydrogens is 256 g/mol. The van der Waals surface area contributed by atoms with Crippen LogP contribution in [0.5, 0.6) is 0 Å². The molecule has 100 valence electrons. The van der Waals surface area contributed by atoms with Crippen molar-refractivity contribution in [1.29, 1.82) is 0 Å². The van der Waals surface area contributed by atoms with E-state index in [1.54, 1.807) is 18.4 Å². The molecular formula is C15H18N2OS. The van der Waals surface area contributed by atoms with Crippen molar-refractivity contribution in [3.8, 4) is 0 Å². The van der Waals surface area contributed by atoms with Crippen LogP contribution in [-0.4, -0.2) is 19.0 Å². The zero-order chi connectivity index (χ0) is 13.7.